The van der Waals surface area contributed by atoms with Crippen molar-refractivity contribution in [1.29, 1.82) is 0 Å². The van der Waals surface area contributed by atoms with Crippen LogP contribution in [0.15, 0.2) is 16.8 Å². The molecule has 2 rings (SSSR count). The standard InChI is InChI=1S/C12H13ClN2O3/c1-6-10(7-5-15-18-12(7)14)8(13)4-9(16-2)11(6)17-3/h4-5H,14H2,1-3H3. The second kappa shape index (κ2) is 4.78. The number of ether oxygens (including phenoxy) is 2. The molecule has 1 aromatic heterocycles. The van der Waals surface area contributed by atoms with Gasteiger partial charge in [0.25, 0.3) is 0 Å². The van der Waals surface area contributed by atoms with Crippen LogP contribution in [0.25, 0.3) is 11.1 Å². The van der Waals surface area contributed by atoms with Crippen molar-refractivity contribution in [2.75, 3.05) is 20.0 Å². The third-order valence-corrected chi connectivity index (χ3v) is 3.03. The maximum absolute atomic E-state index is 6.25. The Bertz CT molecular complexity index is 581. The van der Waals surface area contributed by atoms with E-state index in [9.17, 15) is 0 Å². The topological polar surface area (TPSA) is 70.5 Å². The zero-order chi connectivity index (χ0) is 13.3. The van der Waals surface area contributed by atoms with Gasteiger partial charge in [0.05, 0.1) is 31.0 Å². The fourth-order valence-electron chi connectivity index (χ4n) is 1.90. The van der Waals surface area contributed by atoms with E-state index in [-0.39, 0.29) is 5.88 Å². The van der Waals surface area contributed by atoms with Crippen molar-refractivity contribution in [3.8, 4) is 22.6 Å². The number of rotatable bonds is 3. The Morgan fingerprint density at radius 1 is 1.33 bits per heavy atom. The lowest BCUT2D eigenvalue weighted by Crippen LogP contribution is -1.97. The number of benzene rings is 1. The van der Waals surface area contributed by atoms with Gasteiger partial charge in [0, 0.05) is 17.2 Å². The van der Waals surface area contributed by atoms with E-state index in [1.165, 1.54) is 6.20 Å². The van der Waals surface area contributed by atoms with Gasteiger partial charge in [-0.25, -0.2) is 0 Å². The van der Waals surface area contributed by atoms with Crippen molar-refractivity contribution in [1.82, 2.24) is 5.16 Å². The number of anilines is 1. The molecule has 0 fully saturated rings. The van der Waals surface area contributed by atoms with E-state index in [2.05, 4.69) is 5.16 Å². The van der Waals surface area contributed by atoms with Gasteiger partial charge in [-0.05, 0) is 6.92 Å². The van der Waals surface area contributed by atoms with Crippen molar-refractivity contribution < 1.29 is 14.0 Å². The average Bonchev–Trinajstić information content (AvgIpc) is 2.75. The van der Waals surface area contributed by atoms with Gasteiger partial charge in [0.2, 0.25) is 5.88 Å². The minimum absolute atomic E-state index is 0.215. The van der Waals surface area contributed by atoms with Gasteiger partial charge in [-0.1, -0.05) is 16.8 Å². The summed E-state index contributed by atoms with van der Waals surface area (Å²) in [6.45, 7) is 1.87. The minimum Gasteiger partial charge on any atom is -0.493 e. The Balaban J connectivity index is 2.73. The second-order valence-corrected chi connectivity index (χ2v) is 4.10. The summed E-state index contributed by atoms with van der Waals surface area (Å²) in [6, 6.07) is 1.68. The summed E-state index contributed by atoms with van der Waals surface area (Å²) in [5.41, 5.74) is 7.90. The number of nitrogens with zero attached hydrogens (tertiary/aromatic N) is 1. The number of hydrogen-bond donors (Lipinski definition) is 1. The van der Waals surface area contributed by atoms with Crippen LogP contribution in [0.4, 0.5) is 5.88 Å². The van der Waals surface area contributed by atoms with Gasteiger partial charge < -0.3 is 19.7 Å². The zero-order valence-corrected chi connectivity index (χ0v) is 11.0. The SMILES string of the molecule is COc1cc(Cl)c(-c2cnoc2N)c(C)c1OC. The Kier molecular flexibility index (Phi) is 3.34. The van der Waals surface area contributed by atoms with E-state index in [1.807, 2.05) is 6.92 Å². The molecule has 6 heteroatoms. The third-order valence-electron chi connectivity index (χ3n) is 2.73. The van der Waals surface area contributed by atoms with Crippen molar-refractivity contribution in [2.45, 2.75) is 6.92 Å². The predicted octanol–water partition coefficient (Wildman–Crippen LogP) is 2.90. The van der Waals surface area contributed by atoms with E-state index >= 15 is 0 Å². The first kappa shape index (κ1) is 12.6. The first-order chi connectivity index (χ1) is 8.60. The normalized spacial score (nSPS) is 10.4. The Morgan fingerprint density at radius 3 is 2.56 bits per heavy atom. The molecule has 96 valence electrons. The second-order valence-electron chi connectivity index (χ2n) is 3.70. The summed E-state index contributed by atoms with van der Waals surface area (Å²) in [7, 11) is 3.13. The summed E-state index contributed by atoms with van der Waals surface area (Å²) in [5.74, 6) is 1.39. The molecule has 0 unspecified atom stereocenters. The van der Waals surface area contributed by atoms with Gasteiger partial charge in [-0.3, -0.25) is 0 Å². The van der Waals surface area contributed by atoms with Crippen LogP contribution in [0, 0.1) is 6.92 Å². The summed E-state index contributed by atoms with van der Waals surface area (Å²) < 4.78 is 15.4. The van der Waals surface area contributed by atoms with Crippen molar-refractivity contribution in [3.63, 3.8) is 0 Å². The summed E-state index contributed by atoms with van der Waals surface area (Å²) in [4.78, 5) is 0. The average molecular weight is 269 g/mol. The van der Waals surface area contributed by atoms with Crippen LogP contribution in [0.5, 0.6) is 11.5 Å². The van der Waals surface area contributed by atoms with Gasteiger partial charge in [0.1, 0.15) is 0 Å². The molecule has 1 heterocycles. The first-order valence-electron chi connectivity index (χ1n) is 5.21. The fourth-order valence-corrected chi connectivity index (χ4v) is 2.25. The molecule has 0 amide bonds. The molecule has 0 aliphatic heterocycles. The van der Waals surface area contributed by atoms with Crippen molar-refractivity contribution in [3.05, 3.63) is 22.8 Å². The van der Waals surface area contributed by atoms with Gasteiger partial charge in [-0.15, -0.1) is 0 Å². The largest absolute Gasteiger partial charge is 0.493 e. The van der Waals surface area contributed by atoms with Crippen molar-refractivity contribution >= 4 is 17.5 Å². The zero-order valence-electron chi connectivity index (χ0n) is 10.3. The quantitative estimate of drug-likeness (QED) is 0.927. The van der Waals surface area contributed by atoms with Gasteiger partial charge in [0.15, 0.2) is 11.5 Å². The molecular formula is C12H13ClN2O3. The highest BCUT2D eigenvalue weighted by atomic mass is 35.5. The third kappa shape index (κ3) is 1.86. The lowest BCUT2D eigenvalue weighted by molar-refractivity contribution is 0.353. The highest BCUT2D eigenvalue weighted by Gasteiger charge is 2.20. The predicted molar refractivity (Wildman–Crippen MR) is 69.2 cm³/mol. The number of methoxy groups -OCH3 is 2. The molecule has 0 saturated heterocycles. The number of nitrogen functional groups attached to an aromatic ring is 1. The van der Waals surface area contributed by atoms with Crippen LogP contribution in [0.1, 0.15) is 5.56 Å². The number of aromatic nitrogens is 1. The van der Waals surface area contributed by atoms with Crippen LogP contribution in [-0.2, 0) is 0 Å². The molecule has 1 aromatic carbocycles. The Hall–Kier alpha value is -1.88. The van der Waals surface area contributed by atoms with Crippen molar-refractivity contribution in [2.24, 2.45) is 0 Å². The molecule has 2 N–H and O–H groups in total. The number of hydrogen-bond acceptors (Lipinski definition) is 5. The monoisotopic (exact) mass is 268 g/mol. The van der Waals surface area contributed by atoms with Crippen LogP contribution in [-0.4, -0.2) is 19.4 Å². The van der Waals surface area contributed by atoms with E-state index in [1.54, 1.807) is 20.3 Å². The van der Waals surface area contributed by atoms with Crippen LogP contribution in [0.3, 0.4) is 0 Å². The van der Waals surface area contributed by atoms with Crippen LogP contribution >= 0.6 is 11.6 Å². The maximum atomic E-state index is 6.25. The Morgan fingerprint density at radius 2 is 2.06 bits per heavy atom. The highest BCUT2D eigenvalue weighted by molar-refractivity contribution is 6.34. The molecule has 0 atom stereocenters. The molecule has 2 aromatic rings. The lowest BCUT2D eigenvalue weighted by Gasteiger charge is -2.15. The van der Waals surface area contributed by atoms with E-state index < -0.39 is 0 Å². The molecule has 0 saturated carbocycles. The van der Waals surface area contributed by atoms with E-state index in [0.29, 0.717) is 22.1 Å². The molecule has 0 aliphatic rings. The number of nitrogens with two attached hydrogens (primary N) is 1. The molecular weight excluding hydrogens is 256 g/mol. The highest BCUT2D eigenvalue weighted by Crippen LogP contribution is 2.43. The van der Waals surface area contributed by atoms with Gasteiger partial charge in [-0.2, -0.15) is 0 Å². The summed E-state index contributed by atoms with van der Waals surface area (Å²) in [5, 5.41) is 4.15. The van der Waals surface area contributed by atoms with Crippen LogP contribution in [0.2, 0.25) is 5.02 Å². The summed E-state index contributed by atoms with van der Waals surface area (Å²) in [6.07, 6.45) is 1.52. The Labute approximate surface area is 109 Å². The van der Waals surface area contributed by atoms with Gasteiger partial charge >= 0.3 is 0 Å². The van der Waals surface area contributed by atoms with E-state index in [4.69, 9.17) is 31.3 Å². The fraction of sp³-hybridized carbons (Fsp3) is 0.250. The van der Waals surface area contributed by atoms with Crippen LogP contribution < -0.4 is 15.2 Å². The maximum Gasteiger partial charge on any atom is 0.230 e. The smallest absolute Gasteiger partial charge is 0.230 e. The minimum atomic E-state index is 0.215. The summed E-state index contributed by atoms with van der Waals surface area (Å²) >= 11 is 6.25. The first-order valence-corrected chi connectivity index (χ1v) is 5.59. The number of halogens is 1. The lowest BCUT2D eigenvalue weighted by atomic mass is 10.0. The molecule has 18 heavy (non-hydrogen) atoms. The molecule has 0 bridgehead atoms. The van der Waals surface area contributed by atoms with E-state index in [0.717, 1.165) is 11.1 Å². The molecule has 0 radical (unpaired) electrons. The molecule has 0 aliphatic carbocycles. The molecule has 0 spiro atoms. The molecule has 5 nitrogen and oxygen atoms in total.